The summed E-state index contributed by atoms with van der Waals surface area (Å²) in [5.41, 5.74) is 4.05. The molecule has 0 bridgehead atoms. The van der Waals surface area contributed by atoms with Crippen LogP contribution in [0.1, 0.15) is 31.2 Å². The molecule has 0 saturated carbocycles. The molecule has 1 aromatic heterocycles. The zero-order valence-electron chi connectivity index (χ0n) is 15.2. The van der Waals surface area contributed by atoms with Crippen molar-refractivity contribution >= 4 is 34.1 Å². The fraction of sp³-hybridized carbons (Fsp3) is 0.273. The van der Waals surface area contributed by atoms with E-state index in [1.54, 1.807) is 4.90 Å². The Hall–Kier alpha value is -3.08. The molecule has 1 saturated heterocycles. The van der Waals surface area contributed by atoms with E-state index >= 15 is 0 Å². The minimum absolute atomic E-state index is 0.0137. The molecular weight excluding hydrogens is 338 g/mol. The smallest absolute Gasteiger partial charge is 0.227 e. The third kappa shape index (κ3) is 3.87. The van der Waals surface area contributed by atoms with Crippen LogP contribution in [0.3, 0.4) is 0 Å². The molecule has 138 valence electrons. The van der Waals surface area contributed by atoms with Crippen LogP contribution in [0, 0.1) is 0 Å². The van der Waals surface area contributed by atoms with Gasteiger partial charge in [-0.3, -0.25) is 9.59 Å². The van der Waals surface area contributed by atoms with Crippen molar-refractivity contribution < 1.29 is 9.59 Å². The number of aromatic nitrogens is 1. The summed E-state index contributed by atoms with van der Waals surface area (Å²) >= 11 is 0. The molecule has 4 rings (SSSR count). The van der Waals surface area contributed by atoms with Gasteiger partial charge in [0.25, 0.3) is 0 Å². The van der Waals surface area contributed by atoms with Crippen LogP contribution in [-0.2, 0) is 16.0 Å². The molecule has 2 heterocycles. The molecule has 1 fully saturated rings. The minimum atomic E-state index is 0.0137. The molecule has 27 heavy (non-hydrogen) atoms. The third-order valence-corrected chi connectivity index (χ3v) is 5.06. The predicted octanol–water partition coefficient (Wildman–Crippen LogP) is 4.26. The summed E-state index contributed by atoms with van der Waals surface area (Å²) in [4.78, 5) is 29.1. The first-order chi connectivity index (χ1) is 13.2. The number of hydrogen-bond donors (Lipinski definition) is 2. The normalized spacial score (nSPS) is 14.1. The molecule has 2 N–H and O–H groups in total. The van der Waals surface area contributed by atoms with Crippen molar-refractivity contribution in [2.45, 2.75) is 32.1 Å². The van der Waals surface area contributed by atoms with Gasteiger partial charge < -0.3 is 15.2 Å². The molecular formula is C22H23N3O2. The van der Waals surface area contributed by atoms with Crippen LogP contribution < -0.4 is 10.2 Å². The minimum Gasteiger partial charge on any atom is -0.361 e. The summed E-state index contributed by atoms with van der Waals surface area (Å²) in [6.45, 7) is 0.776. The van der Waals surface area contributed by atoms with Gasteiger partial charge in [0, 0.05) is 47.9 Å². The summed E-state index contributed by atoms with van der Waals surface area (Å²) in [5.74, 6) is 0.184. The Balaban J connectivity index is 1.28. The van der Waals surface area contributed by atoms with Gasteiger partial charge in [0.15, 0.2) is 0 Å². The van der Waals surface area contributed by atoms with Crippen molar-refractivity contribution in [2.75, 3.05) is 16.8 Å². The van der Waals surface area contributed by atoms with Crippen LogP contribution in [0.25, 0.3) is 10.9 Å². The van der Waals surface area contributed by atoms with Gasteiger partial charge >= 0.3 is 0 Å². The summed E-state index contributed by atoms with van der Waals surface area (Å²) in [6.07, 6.45) is 5.71. The van der Waals surface area contributed by atoms with Crippen molar-refractivity contribution in [2.24, 2.45) is 0 Å². The highest BCUT2D eigenvalue weighted by Gasteiger charge is 2.21. The van der Waals surface area contributed by atoms with Crippen molar-refractivity contribution in [3.05, 3.63) is 60.3 Å². The number of rotatable bonds is 6. The van der Waals surface area contributed by atoms with Gasteiger partial charge in [-0.25, -0.2) is 0 Å². The Labute approximate surface area is 158 Å². The van der Waals surface area contributed by atoms with Crippen LogP contribution in [0.15, 0.2) is 54.7 Å². The molecule has 3 aromatic rings. The van der Waals surface area contributed by atoms with E-state index in [4.69, 9.17) is 0 Å². The predicted molar refractivity (Wildman–Crippen MR) is 108 cm³/mol. The number of aromatic amines is 1. The standard InChI is InChI=1S/C22H23N3O2/c26-21(8-3-5-16-15-23-20-7-2-1-6-19(16)20)24-17-10-12-18(13-11-17)25-14-4-9-22(25)27/h1-2,6-7,10-13,15,23H,3-5,8-9,14H2,(H,24,26). The fourth-order valence-electron chi connectivity index (χ4n) is 3.65. The van der Waals surface area contributed by atoms with Crippen molar-refractivity contribution in [1.82, 2.24) is 4.98 Å². The van der Waals surface area contributed by atoms with Crippen molar-refractivity contribution in [3.63, 3.8) is 0 Å². The topological polar surface area (TPSA) is 65.2 Å². The molecule has 0 radical (unpaired) electrons. The highest BCUT2D eigenvalue weighted by Crippen LogP contribution is 2.23. The highest BCUT2D eigenvalue weighted by molar-refractivity contribution is 5.96. The van der Waals surface area contributed by atoms with Crippen molar-refractivity contribution in [3.8, 4) is 0 Å². The number of nitrogens with zero attached hydrogens (tertiary/aromatic N) is 1. The van der Waals surface area contributed by atoms with E-state index < -0.39 is 0 Å². The maximum atomic E-state index is 12.2. The van der Waals surface area contributed by atoms with Gasteiger partial charge in [-0.2, -0.15) is 0 Å². The molecule has 0 unspecified atom stereocenters. The molecule has 1 aliphatic rings. The second kappa shape index (κ2) is 7.66. The zero-order valence-corrected chi connectivity index (χ0v) is 15.2. The lowest BCUT2D eigenvalue weighted by atomic mass is 10.1. The van der Waals surface area contributed by atoms with Gasteiger partial charge in [-0.1, -0.05) is 18.2 Å². The van der Waals surface area contributed by atoms with Crippen LogP contribution in [-0.4, -0.2) is 23.3 Å². The first-order valence-electron chi connectivity index (χ1n) is 9.46. The molecule has 2 amide bonds. The number of amides is 2. The number of carbonyl (C=O) groups excluding carboxylic acids is 2. The van der Waals surface area contributed by atoms with Crippen LogP contribution in [0.2, 0.25) is 0 Å². The van der Waals surface area contributed by atoms with Crippen LogP contribution >= 0.6 is 0 Å². The monoisotopic (exact) mass is 361 g/mol. The molecule has 0 aliphatic carbocycles. The first-order valence-corrected chi connectivity index (χ1v) is 9.46. The Morgan fingerprint density at radius 3 is 2.70 bits per heavy atom. The number of fused-ring (bicyclic) bond motifs is 1. The second-order valence-electron chi connectivity index (χ2n) is 6.96. The molecule has 0 spiro atoms. The SMILES string of the molecule is O=C(CCCc1c[nH]c2ccccc12)Nc1ccc(N2CCCC2=O)cc1. The molecule has 5 heteroatoms. The summed E-state index contributed by atoms with van der Waals surface area (Å²) < 4.78 is 0. The lowest BCUT2D eigenvalue weighted by Gasteiger charge is -2.16. The van der Waals surface area contributed by atoms with Crippen LogP contribution in [0.5, 0.6) is 0 Å². The van der Waals surface area contributed by atoms with E-state index in [0.29, 0.717) is 12.8 Å². The number of carbonyl (C=O) groups is 2. The summed E-state index contributed by atoms with van der Waals surface area (Å²) in [6, 6.07) is 15.7. The van der Waals surface area contributed by atoms with Gasteiger partial charge in [-0.05, 0) is 55.2 Å². The Kier molecular flexibility index (Phi) is 4.92. The molecule has 0 atom stereocenters. The number of benzene rings is 2. The number of anilines is 2. The average Bonchev–Trinajstić information content (AvgIpc) is 3.29. The Morgan fingerprint density at radius 1 is 1.11 bits per heavy atom. The Morgan fingerprint density at radius 2 is 1.93 bits per heavy atom. The number of hydrogen-bond acceptors (Lipinski definition) is 2. The van der Waals surface area contributed by atoms with E-state index in [0.717, 1.165) is 42.7 Å². The highest BCUT2D eigenvalue weighted by atomic mass is 16.2. The van der Waals surface area contributed by atoms with Crippen molar-refractivity contribution in [1.29, 1.82) is 0 Å². The number of para-hydroxylation sites is 1. The average molecular weight is 361 g/mol. The quantitative estimate of drug-likeness (QED) is 0.689. The van der Waals surface area contributed by atoms with E-state index in [1.807, 2.05) is 42.6 Å². The lowest BCUT2D eigenvalue weighted by molar-refractivity contribution is -0.117. The van der Waals surface area contributed by atoms with Gasteiger partial charge in [0.05, 0.1) is 0 Å². The van der Waals surface area contributed by atoms with E-state index in [-0.39, 0.29) is 11.8 Å². The number of H-pyrrole nitrogens is 1. The van der Waals surface area contributed by atoms with E-state index in [1.165, 1.54) is 10.9 Å². The number of nitrogens with one attached hydrogen (secondary N) is 2. The fourth-order valence-corrected chi connectivity index (χ4v) is 3.65. The largest absolute Gasteiger partial charge is 0.361 e. The van der Waals surface area contributed by atoms with E-state index in [9.17, 15) is 9.59 Å². The Bertz CT molecular complexity index is 959. The summed E-state index contributed by atoms with van der Waals surface area (Å²) in [5, 5.41) is 4.16. The zero-order chi connectivity index (χ0) is 18.6. The molecule has 1 aliphatic heterocycles. The maximum Gasteiger partial charge on any atom is 0.227 e. The third-order valence-electron chi connectivity index (χ3n) is 5.06. The lowest BCUT2D eigenvalue weighted by Crippen LogP contribution is -2.23. The maximum absolute atomic E-state index is 12.2. The molecule has 2 aromatic carbocycles. The second-order valence-corrected chi connectivity index (χ2v) is 6.96. The van der Waals surface area contributed by atoms with Gasteiger partial charge in [-0.15, -0.1) is 0 Å². The van der Waals surface area contributed by atoms with Crippen LogP contribution in [0.4, 0.5) is 11.4 Å². The van der Waals surface area contributed by atoms with E-state index in [2.05, 4.69) is 22.4 Å². The molecule has 5 nitrogen and oxygen atoms in total. The summed E-state index contributed by atoms with van der Waals surface area (Å²) in [7, 11) is 0. The van der Waals surface area contributed by atoms with Gasteiger partial charge in [0.1, 0.15) is 0 Å². The van der Waals surface area contributed by atoms with Gasteiger partial charge in [0.2, 0.25) is 11.8 Å². The first kappa shape index (κ1) is 17.3. The number of aryl methyl sites for hydroxylation is 1.